The van der Waals surface area contributed by atoms with Gasteiger partial charge in [-0.1, -0.05) is 89.3 Å². The highest BCUT2D eigenvalue weighted by atomic mass is 16.6. The number of hydrogen-bond donors (Lipinski definition) is 0. The Morgan fingerprint density at radius 1 is 0.775 bits per heavy atom. The van der Waals surface area contributed by atoms with Crippen molar-refractivity contribution < 1.29 is 38.1 Å². The first-order chi connectivity index (χ1) is 19.5. The molecule has 0 saturated heterocycles. The molecule has 0 aliphatic carbocycles. The van der Waals surface area contributed by atoms with E-state index in [1.54, 1.807) is 51.3 Å². The van der Waals surface area contributed by atoms with Crippen LogP contribution >= 0.6 is 0 Å². The Balaban J connectivity index is 2.52. The minimum absolute atomic E-state index is 0.0820. The number of carbonyl (C=O) groups is 3. The Morgan fingerprint density at radius 3 is 1.95 bits per heavy atom. The van der Waals surface area contributed by atoms with Gasteiger partial charge in [0.25, 0.3) is 0 Å². The Morgan fingerprint density at radius 2 is 1.38 bits per heavy atom. The third-order valence-electron chi connectivity index (χ3n) is 6.19. The first-order valence-corrected chi connectivity index (χ1v) is 14.7. The van der Waals surface area contributed by atoms with Crippen LogP contribution in [0.5, 0.6) is 0 Å². The number of rotatable bonds is 22. The van der Waals surface area contributed by atoms with Crippen LogP contribution in [0.2, 0.25) is 0 Å². The molecule has 9 heteroatoms. The van der Waals surface area contributed by atoms with Crippen LogP contribution in [0.3, 0.4) is 0 Å². The lowest BCUT2D eigenvalue weighted by atomic mass is 10.0. The SMILES string of the molecule is CCCCCCCCCCCCC(COC(=O)COC(=O)N(C(=CC(=O)OCC)OCC)c1ccccc1)OC. The summed E-state index contributed by atoms with van der Waals surface area (Å²) in [5.41, 5.74) is 0.390. The second-order valence-corrected chi connectivity index (χ2v) is 9.40. The number of esters is 2. The largest absolute Gasteiger partial charge is 0.479 e. The van der Waals surface area contributed by atoms with Crippen LogP contribution in [-0.2, 0) is 33.3 Å². The normalized spacial score (nSPS) is 11.9. The highest BCUT2D eigenvalue weighted by Gasteiger charge is 2.25. The molecule has 0 aliphatic rings. The van der Waals surface area contributed by atoms with Crippen LogP contribution in [0.25, 0.3) is 0 Å². The van der Waals surface area contributed by atoms with Gasteiger partial charge in [0.2, 0.25) is 5.88 Å². The van der Waals surface area contributed by atoms with Gasteiger partial charge in [-0.25, -0.2) is 19.3 Å². The predicted molar refractivity (Wildman–Crippen MR) is 155 cm³/mol. The maximum absolute atomic E-state index is 13.0. The number of benzene rings is 1. The van der Waals surface area contributed by atoms with Crippen LogP contribution in [0, 0.1) is 0 Å². The molecule has 0 heterocycles. The monoisotopic (exact) mass is 563 g/mol. The van der Waals surface area contributed by atoms with Gasteiger partial charge < -0.3 is 23.7 Å². The zero-order chi connectivity index (χ0) is 29.4. The van der Waals surface area contributed by atoms with E-state index in [-0.39, 0.29) is 31.8 Å². The zero-order valence-corrected chi connectivity index (χ0v) is 24.9. The van der Waals surface area contributed by atoms with Crippen LogP contribution in [0.15, 0.2) is 42.3 Å². The molecule has 0 aromatic heterocycles. The molecule has 226 valence electrons. The smallest absolute Gasteiger partial charge is 0.421 e. The van der Waals surface area contributed by atoms with E-state index in [0.717, 1.165) is 30.2 Å². The summed E-state index contributed by atoms with van der Waals surface area (Å²) in [7, 11) is 1.59. The van der Waals surface area contributed by atoms with Gasteiger partial charge in [0.1, 0.15) is 6.61 Å². The van der Waals surface area contributed by atoms with Gasteiger partial charge in [-0.05, 0) is 32.4 Å². The van der Waals surface area contributed by atoms with Crippen molar-refractivity contribution in [3.05, 3.63) is 42.3 Å². The lowest BCUT2D eigenvalue weighted by Gasteiger charge is -2.24. The van der Waals surface area contributed by atoms with E-state index < -0.39 is 24.6 Å². The maximum atomic E-state index is 13.0. The van der Waals surface area contributed by atoms with Crippen molar-refractivity contribution in [2.45, 2.75) is 97.5 Å². The summed E-state index contributed by atoms with van der Waals surface area (Å²) < 4.78 is 26.5. The summed E-state index contributed by atoms with van der Waals surface area (Å²) in [6.07, 6.45) is 13.2. The van der Waals surface area contributed by atoms with Gasteiger partial charge in [0.15, 0.2) is 6.61 Å². The number of methoxy groups -OCH3 is 1. The first kappa shape index (κ1) is 35.0. The maximum Gasteiger partial charge on any atom is 0.421 e. The molecule has 1 amide bonds. The highest BCUT2D eigenvalue weighted by molar-refractivity contribution is 5.94. The molecular formula is C31H49NO8. The fourth-order valence-corrected chi connectivity index (χ4v) is 4.04. The number of hydrogen-bond acceptors (Lipinski definition) is 8. The van der Waals surface area contributed by atoms with Gasteiger partial charge in [0.05, 0.1) is 31.1 Å². The van der Waals surface area contributed by atoms with Crippen LogP contribution < -0.4 is 4.90 Å². The lowest BCUT2D eigenvalue weighted by Crippen LogP contribution is -2.34. The molecule has 0 N–H and O–H groups in total. The zero-order valence-electron chi connectivity index (χ0n) is 24.9. The average molecular weight is 564 g/mol. The summed E-state index contributed by atoms with van der Waals surface area (Å²) in [6, 6.07) is 8.51. The topological polar surface area (TPSA) is 101 Å². The second-order valence-electron chi connectivity index (χ2n) is 9.40. The standard InChI is InChI=1S/C31H49NO8/c1-5-8-9-10-11-12-13-14-15-19-22-27(36-4)24-39-30(34)25-40-31(35)32(26-20-17-16-18-21-26)28(37-6-2)23-29(33)38-7-3/h16-18,20-21,23,27H,5-15,19,22,24-25H2,1-4H3. The van der Waals surface area contributed by atoms with Crippen LogP contribution in [0.4, 0.5) is 10.5 Å². The number of carbonyl (C=O) groups excluding carboxylic acids is 3. The van der Waals surface area contributed by atoms with Crippen LogP contribution in [0.1, 0.15) is 91.4 Å². The number of nitrogens with zero attached hydrogens (tertiary/aromatic N) is 1. The summed E-state index contributed by atoms with van der Waals surface area (Å²) in [6.45, 7) is 5.45. The fraction of sp³-hybridized carbons (Fsp3) is 0.645. The van der Waals surface area contributed by atoms with Gasteiger partial charge in [-0.3, -0.25) is 0 Å². The molecule has 9 nitrogen and oxygen atoms in total. The quantitative estimate of drug-likeness (QED) is 0.0492. The molecule has 0 radical (unpaired) electrons. The summed E-state index contributed by atoms with van der Waals surface area (Å²) in [5, 5.41) is 0. The van der Waals surface area contributed by atoms with Gasteiger partial charge in [0, 0.05) is 7.11 Å². The molecule has 40 heavy (non-hydrogen) atoms. The number of unbranched alkanes of at least 4 members (excludes halogenated alkanes) is 9. The van der Waals surface area contributed by atoms with E-state index in [4.69, 9.17) is 23.7 Å². The van der Waals surface area contributed by atoms with Crippen LogP contribution in [-0.4, -0.2) is 57.7 Å². The third-order valence-corrected chi connectivity index (χ3v) is 6.19. The van der Waals surface area contributed by atoms with E-state index in [1.807, 2.05) is 0 Å². The number of anilines is 1. The van der Waals surface area contributed by atoms with E-state index in [1.165, 1.54) is 51.4 Å². The Bertz CT molecular complexity index is 858. The minimum atomic E-state index is -0.902. The highest BCUT2D eigenvalue weighted by Crippen LogP contribution is 2.21. The molecule has 1 aromatic rings. The van der Waals surface area contributed by atoms with Gasteiger partial charge in [-0.15, -0.1) is 0 Å². The van der Waals surface area contributed by atoms with Crippen molar-refractivity contribution in [2.75, 3.05) is 38.4 Å². The molecule has 0 bridgehead atoms. The summed E-state index contributed by atoms with van der Waals surface area (Å²) in [5.74, 6) is -1.45. The fourth-order valence-electron chi connectivity index (χ4n) is 4.04. The van der Waals surface area contributed by atoms with E-state index in [9.17, 15) is 14.4 Å². The molecule has 0 saturated carbocycles. The van der Waals surface area contributed by atoms with Gasteiger partial charge in [-0.2, -0.15) is 0 Å². The van der Waals surface area contributed by atoms with E-state index in [2.05, 4.69) is 6.92 Å². The summed E-state index contributed by atoms with van der Waals surface area (Å²) in [4.78, 5) is 38.5. The molecule has 1 unspecified atom stereocenters. The third kappa shape index (κ3) is 15.5. The van der Waals surface area contributed by atoms with Crippen molar-refractivity contribution in [1.29, 1.82) is 0 Å². The van der Waals surface area contributed by atoms with Gasteiger partial charge >= 0.3 is 18.0 Å². The second kappa shape index (κ2) is 22.7. The molecule has 1 aromatic carbocycles. The number of para-hydroxylation sites is 1. The molecule has 1 rings (SSSR count). The van der Waals surface area contributed by atoms with Crippen molar-refractivity contribution >= 4 is 23.7 Å². The average Bonchev–Trinajstić information content (AvgIpc) is 2.95. The molecule has 0 fully saturated rings. The summed E-state index contributed by atoms with van der Waals surface area (Å²) >= 11 is 0. The minimum Gasteiger partial charge on any atom is -0.479 e. The molecular weight excluding hydrogens is 514 g/mol. The molecule has 1 atom stereocenters. The van der Waals surface area contributed by atoms with E-state index >= 15 is 0 Å². The lowest BCUT2D eigenvalue weighted by molar-refractivity contribution is -0.150. The first-order valence-electron chi connectivity index (χ1n) is 14.7. The van der Waals surface area contributed by atoms with Crippen molar-refractivity contribution in [1.82, 2.24) is 0 Å². The number of amides is 1. The van der Waals surface area contributed by atoms with Crippen molar-refractivity contribution in [2.24, 2.45) is 0 Å². The molecule has 0 spiro atoms. The molecule has 0 aliphatic heterocycles. The van der Waals surface area contributed by atoms with E-state index in [0.29, 0.717) is 5.69 Å². The van der Waals surface area contributed by atoms with Crippen molar-refractivity contribution in [3.63, 3.8) is 0 Å². The Labute approximate surface area is 240 Å². The Kier molecular flexibility index (Phi) is 19.9. The predicted octanol–water partition coefficient (Wildman–Crippen LogP) is 6.94. The number of ether oxygens (including phenoxy) is 5. The van der Waals surface area contributed by atoms with Crippen molar-refractivity contribution in [3.8, 4) is 0 Å². The Hall–Kier alpha value is -3.07.